The van der Waals surface area contributed by atoms with Crippen LogP contribution in [0, 0.1) is 11.8 Å². The number of amides is 2. The SMILES string of the molecule is CN1C(=O)[C@@H]2CCC[C@@H](C2)C1=O. The van der Waals surface area contributed by atoms with Crippen LogP contribution < -0.4 is 0 Å². The molecule has 0 unspecified atom stereocenters. The number of carbonyl (C=O) groups is 2. The number of carbonyl (C=O) groups excluding carboxylic acids is 2. The van der Waals surface area contributed by atoms with Gasteiger partial charge in [-0.3, -0.25) is 14.5 Å². The molecule has 1 aliphatic carbocycles. The summed E-state index contributed by atoms with van der Waals surface area (Å²) >= 11 is 0. The van der Waals surface area contributed by atoms with Gasteiger partial charge in [0, 0.05) is 18.9 Å². The maximum atomic E-state index is 11.5. The predicted octanol–water partition coefficient (Wildman–Crippen LogP) is 0.791. The summed E-state index contributed by atoms with van der Waals surface area (Å²) in [6, 6.07) is 0. The van der Waals surface area contributed by atoms with E-state index in [9.17, 15) is 9.59 Å². The lowest BCUT2D eigenvalue weighted by molar-refractivity contribution is -0.156. The molecule has 2 aliphatic rings. The second-order valence-corrected chi connectivity index (χ2v) is 3.80. The first-order chi connectivity index (χ1) is 5.70. The summed E-state index contributed by atoms with van der Waals surface area (Å²) in [7, 11) is 1.61. The average Bonchev–Trinajstić information content (AvgIpc) is 2.13. The summed E-state index contributed by atoms with van der Waals surface area (Å²) in [4.78, 5) is 24.2. The highest BCUT2D eigenvalue weighted by Crippen LogP contribution is 2.35. The molecule has 1 saturated carbocycles. The molecule has 2 rings (SSSR count). The van der Waals surface area contributed by atoms with Crippen molar-refractivity contribution in [2.24, 2.45) is 11.8 Å². The summed E-state index contributed by atoms with van der Waals surface area (Å²) in [6.07, 6.45) is 3.81. The number of hydrogen-bond donors (Lipinski definition) is 0. The van der Waals surface area contributed by atoms with E-state index in [-0.39, 0.29) is 23.7 Å². The maximum Gasteiger partial charge on any atom is 0.232 e. The highest BCUT2D eigenvalue weighted by molar-refractivity contribution is 5.99. The Morgan fingerprint density at radius 3 is 2.17 bits per heavy atom. The molecule has 2 bridgehead atoms. The first-order valence-electron chi connectivity index (χ1n) is 4.51. The summed E-state index contributed by atoms with van der Waals surface area (Å²) in [6.45, 7) is 0. The molecule has 12 heavy (non-hydrogen) atoms. The zero-order valence-electron chi connectivity index (χ0n) is 7.25. The average molecular weight is 167 g/mol. The molecule has 3 nitrogen and oxygen atoms in total. The van der Waals surface area contributed by atoms with Gasteiger partial charge in [-0.25, -0.2) is 0 Å². The predicted molar refractivity (Wildman–Crippen MR) is 43.2 cm³/mol. The maximum absolute atomic E-state index is 11.5. The Bertz CT molecular complexity index is 215. The van der Waals surface area contributed by atoms with Crippen LogP contribution in [0.5, 0.6) is 0 Å². The van der Waals surface area contributed by atoms with Gasteiger partial charge in [0.25, 0.3) is 0 Å². The fourth-order valence-corrected chi connectivity index (χ4v) is 2.29. The zero-order valence-corrected chi connectivity index (χ0v) is 7.25. The summed E-state index contributed by atoms with van der Waals surface area (Å²) < 4.78 is 0. The Morgan fingerprint density at radius 2 is 1.67 bits per heavy atom. The molecule has 2 atom stereocenters. The molecular formula is C9H13NO2. The van der Waals surface area contributed by atoms with E-state index < -0.39 is 0 Å². The molecule has 0 N–H and O–H groups in total. The van der Waals surface area contributed by atoms with Crippen molar-refractivity contribution >= 4 is 11.8 Å². The van der Waals surface area contributed by atoms with E-state index in [1.165, 1.54) is 4.90 Å². The largest absolute Gasteiger partial charge is 0.285 e. The molecule has 2 amide bonds. The van der Waals surface area contributed by atoms with Crippen molar-refractivity contribution in [2.75, 3.05) is 7.05 Å². The minimum absolute atomic E-state index is 0.0379. The number of hydrogen-bond acceptors (Lipinski definition) is 2. The van der Waals surface area contributed by atoms with Crippen LogP contribution in [0.2, 0.25) is 0 Å². The topological polar surface area (TPSA) is 37.4 Å². The lowest BCUT2D eigenvalue weighted by Gasteiger charge is -2.37. The molecule has 1 saturated heterocycles. The van der Waals surface area contributed by atoms with Gasteiger partial charge in [-0.1, -0.05) is 6.42 Å². The monoisotopic (exact) mass is 167 g/mol. The summed E-state index contributed by atoms with van der Waals surface area (Å²) in [5, 5.41) is 0. The molecule has 3 heteroatoms. The van der Waals surface area contributed by atoms with E-state index in [0.29, 0.717) is 0 Å². The Hall–Kier alpha value is -0.860. The highest BCUT2D eigenvalue weighted by atomic mass is 16.2. The standard InChI is InChI=1S/C9H13NO2/c1-10-8(11)6-3-2-4-7(5-6)9(10)12/h6-7H,2-5H2,1H3/t6-,7+. The summed E-state index contributed by atoms with van der Waals surface area (Å²) in [5.41, 5.74) is 0. The Balaban J connectivity index is 2.24. The van der Waals surface area contributed by atoms with Gasteiger partial charge >= 0.3 is 0 Å². The van der Waals surface area contributed by atoms with Crippen molar-refractivity contribution in [3.63, 3.8) is 0 Å². The molecule has 66 valence electrons. The van der Waals surface area contributed by atoms with E-state index >= 15 is 0 Å². The quantitative estimate of drug-likeness (QED) is 0.500. The van der Waals surface area contributed by atoms with Gasteiger partial charge in [-0.15, -0.1) is 0 Å². The van der Waals surface area contributed by atoms with Crippen LogP contribution in [-0.4, -0.2) is 23.8 Å². The normalized spacial score (nSPS) is 35.6. The fourth-order valence-electron chi connectivity index (χ4n) is 2.29. The lowest BCUT2D eigenvalue weighted by atomic mass is 9.77. The molecule has 0 radical (unpaired) electrons. The first kappa shape index (κ1) is 7.77. The molecule has 0 aromatic rings. The van der Waals surface area contributed by atoms with Crippen molar-refractivity contribution in [2.45, 2.75) is 25.7 Å². The van der Waals surface area contributed by atoms with Crippen molar-refractivity contribution in [1.82, 2.24) is 4.90 Å². The third-order valence-electron chi connectivity index (χ3n) is 3.03. The fraction of sp³-hybridized carbons (Fsp3) is 0.778. The third kappa shape index (κ3) is 0.958. The van der Waals surface area contributed by atoms with E-state index in [4.69, 9.17) is 0 Å². The van der Waals surface area contributed by atoms with Crippen LogP contribution in [0.3, 0.4) is 0 Å². The van der Waals surface area contributed by atoms with Gasteiger partial charge in [0.05, 0.1) is 0 Å². The van der Waals surface area contributed by atoms with Crippen LogP contribution in [0.1, 0.15) is 25.7 Å². The minimum atomic E-state index is 0.0379. The molecule has 1 heterocycles. The molecule has 0 aromatic heterocycles. The number of likely N-dealkylation sites (tertiary alicyclic amines) is 1. The van der Waals surface area contributed by atoms with Gasteiger partial charge in [-0.05, 0) is 19.3 Å². The van der Waals surface area contributed by atoms with Crippen molar-refractivity contribution in [1.29, 1.82) is 0 Å². The molecule has 0 aromatic carbocycles. The Morgan fingerprint density at radius 1 is 1.17 bits per heavy atom. The first-order valence-corrected chi connectivity index (χ1v) is 4.51. The van der Waals surface area contributed by atoms with Crippen LogP contribution >= 0.6 is 0 Å². The molecule has 1 aliphatic heterocycles. The zero-order chi connectivity index (χ0) is 8.72. The molecule has 2 fully saturated rings. The van der Waals surface area contributed by atoms with Crippen LogP contribution in [0.4, 0.5) is 0 Å². The summed E-state index contributed by atoms with van der Waals surface area (Å²) in [5.74, 6) is 0.366. The number of imide groups is 1. The van der Waals surface area contributed by atoms with Crippen LogP contribution in [0.15, 0.2) is 0 Å². The number of fused-ring (bicyclic) bond motifs is 2. The smallest absolute Gasteiger partial charge is 0.232 e. The number of piperidine rings is 1. The van der Waals surface area contributed by atoms with E-state index in [1.807, 2.05) is 0 Å². The van der Waals surface area contributed by atoms with E-state index in [2.05, 4.69) is 0 Å². The lowest BCUT2D eigenvalue weighted by Crippen LogP contribution is -2.49. The molecule has 0 spiro atoms. The van der Waals surface area contributed by atoms with Crippen molar-refractivity contribution < 1.29 is 9.59 Å². The Kier molecular flexibility index (Phi) is 1.67. The van der Waals surface area contributed by atoms with Gasteiger partial charge in [0.1, 0.15) is 0 Å². The second-order valence-electron chi connectivity index (χ2n) is 3.80. The van der Waals surface area contributed by atoms with Gasteiger partial charge in [-0.2, -0.15) is 0 Å². The van der Waals surface area contributed by atoms with E-state index in [1.54, 1.807) is 7.05 Å². The highest BCUT2D eigenvalue weighted by Gasteiger charge is 2.40. The van der Waals surface area contributed by atoms with Crippen molar-refractivity contribution in [3.8, 4) is 0 Å². The Labute approximate surface area is 71.7 Å². The van der Waals surface area contributed by atoms with Crippen LogP contribution in [-0.2, 0) is 9.59 Å². The van der Waals surface area contributed by atoms with Crippen molar-refractivity contribution in [3.05, 3.63) is 0 Å². The minimum Gasteiger partial charge on any atom is -0.285 e. The molecular weight excluding hydrogens is 154 g/mol. The second kappa shape index (κ2) is 2.57. The number of rotatable bonds is 0. The van der Waals surface area contributed by atoms with Crippen LogP contribution in [0.25, 0.3) is 0 Å². The van der Waals surface area contributed by atoms with Gasteiger partial charge in [0.15, 0.2) is 0 Å². The third-order valence-corrected chi connectivity index (χ3v) is 3.03. The van der Waals surface area contributed by atoms with E-state index in [0.717, 1.165) is 25.7 Å². The van der Waals surface area contributed by atoms with Gasteiger partial charge < -0.3 is 0 Å². The van der Waals surface area contributed by atoms with Gasteiger partial charge in [0.2, 0.25) is 11.8 Å². The number of nitrogens with zero attached hydrogens (tertiary/aromatic N) is 1.